The van der Waals surface area contributed by atoms with Crippen LogP contribution in [0.3, 0.4) is 0 Å². The summed E-state index contributed by atoms with van der Waals surface area (Å²) in [4.78, 5) is 25.4. The van der Waals surface area contributed by atoms with E-state index in [2.05, 4.69) is 12.2 Å². The minimum absolute atomic E-state index is 0.163. The van der Waals surface area contributed by atoms with Crippen molar-refractivity contribution in [2.75, 3.05) is 6.54 Å². The van der Waals surface area contributed by atoms with E-state index in [0.717, 1.165) is 12.0 Å². The van der Waals surface area contributed by atoms with Gasteiger partial charge in [-0.15, -0.1) is 0 Å². The summed E-state index contributed by atoms with van der Waals surface area (Å²) in [6, 6.07) is 8.04. The lowest BCUT2D eigenvalue weighted by Crippen LogP contribution is -2.63. The molecule has 1 fully saturated rings. The predicted molar refractivity (Wildman–Crippen MR) is 73.5 cm³/mol. The van der Waals surface area contributed by atoms with Gasteiger partial charge in [-0.3, -0.25) is 19.8 Å². The summed E-state index contributed by atoms with van der Waals surface area (Å²) in [7, 11) is 0. The first-order chi connectivity index (χ1) is 8.94. The molecule has 0 aromatic heterocycles. The molecule has 1 heterocycles. The molecule has 2 amide bonds. The molecule has 4 heteroatoms. The normalized spacial score (nSPS) is 18.8. The lowest BCUT2D eigenvalue weighted by molar-refractivity contribution is -0.153. The summed E-state index contributed by atoms with van der Waals surface area (Å²) < 4.78 is 0. The van der Waals surface area contributed by atoms with Gasteiger partial charge in [-0.1, -0.05) is 31.2 Å². The first-order valence-electron chi connectivity index (χ1n) is 6.61. The standard InChI is InChI=1S/C15H20N2O2/c1-4-11-5-7-12(8-6-11)10-17-13(18)9-16-15(2,3)14(17)19/h5-8,16H,4,9-10H2,1-3H3. The zero-order valence-corrected chi connectivity index (χ0v) is 11.7. The number of carbonyl (C=O) groups excluding carboxylic acids is 2. The zero-order valence-electron chi connectivity index (χ0n) is 11.7. The molecule has 1 aromatic carbocycles. The van der Waals surface area contributed by atoms with Gasteiger partial charge in [0.05, 0.1) is 18.6 Å². The Labute approximate surface area is 113 Å². The van der Waals surface area contributed by atoms with Crippen molar-refractivity contribution in [3.63, 3.8) is 0 Å². The molecule has 0 aliphatic carbocycles. The molecule has 2 rings (SSSR count). The Balaban J connectivity index is 2.15. The molecule has 1 aliphatic heterocycles. The maximum absolute atomic E-state index is 12.2. The molecule has 1 aromatic rings. The first-order valence-corrected chi connectivity index (χ1v) is 6.61. The van der Waals surface area contributed by atoms with Gasteiger partial charge in [0.15, 0.2) is 0 Å². The minimum Gasteiger partial charge on any atom is -0.295 e. The third-order valence-electron chi connectivity index (χ3n) is 3.53. The van der Waals surface area contributed by atoms with Gasteiger partial charge in [0.25, 0.3) is 0 Å². The van der Waals surface area contributed by atoms with E-state index in [1.54, 1.807) is 13.8 Å². The van der Waals surface area contributed by atoms with Gasteiger partial charge < -0.3 is 0 Å². The SMILES string of the molecule is CCc1ccc(CN2C(=O)CNC(C)(C)C2=O)cc1. The van der Waals surface area contributed by atoms with Crippen molar-refractivity contribution in [2.45, 2.75) is 39.3 Å². The van der Waals surface area contributed by atoms with Crippen LogP contribution in [0.5, 0.6) is 0 Å². The Morgan fingerprint density at radius 1 is 1.16 bits per heavy atom. The summed E-state index contributed by atoms with van der Waals surface area (Å²) in [6.45, 7) is 6.27. The van der Waals surface area contributed by atoms with Crippen LogP contribution in [0.2, 0.25) is 0 Å². The van der Waals surface area contributed by atoms with Crippen LogP contribution >= 0.6 is 0 Å². The second-order valence-corrected chi connectivity index (χ2v) is 5.43. The van der Waals surface area contributed by atoms with Gasteiger partial charge >= 0.3 is 0 Å². The molecule has 19 heavy (non-hydrogen) atoms. The van der Waals surface area contributed by atoms with Crippen molar-refractivity contribution in [2.24, 2.45) is 0 Å². The number of nitrogens with one attached hydrogen (secondary N) is 1. The van der Waals surface area contributed by atoms with Crippen LogP contribution in [0.4, 0.5) is 0 Å². The lowest BCUT2D eigenvalue weighted by atomic mass is 9.99. The Bertz CT molecular complexity index is 491. The largest absolute Gasteiger partial charge is 0.295 e. The number of piperazine rings is 1. The molecule has 0 atom stereocenters. The van der Waals surface area contributed by atoms with Gasteiger partial charge in [-0.25, -0.2) is 0 Å². The quantitative estimate of drug-likeness (QED) is 0.838. The maximum atomic E-state index is 12.2. The predicted octanol–water partition coefficient (Wildman–Crippen LogP) is 1.49. The van der Waals surface area contributed by atoms with E-state index in [0.29, 0.717) is 6.54 Å². The van der Waals surface area contributed by atoms with Gasteiger partial charge in [0.1, 0.15) is 0 Å². The van der Waals surface area contributed by atoms with Crippen LogP contribution in [0, 0.1) is 0 Å². The zero-order chi connectivity index (χ0) is 14.0. The molecule has 4 nitrogen and oxygen atoms in total. The van der Waals surface area contributed by atoms with Crippen molar-refractivity contribution in [1.29, 1.82) is 0 Å². The Hall–Kier alpha value is -1.68. The van der Waals surface area contributed by atoms with Crippen LogP contribution in [0.25, 0.3) is 0 Å². The summed E-state index contributed by atoms with van der Waals surface area (Å²) in [6.07, 6.45) is 0.985. The summed E-state index contributed by atoms with van der Waals surface area (Å²) in [5.74, 6) is -0.327. The van der Waals surface area contributed by atoms with E-state index in [4.69, 9.17) is 0 Å². The highest BCUT2D eigenvalue weighted by molar-refractivity contribution is 6.02. The molecule has 1 aliphatic rings. The molecular weight excluding hydrogens is 240 g/mol. The third-order valence-corrected chi connectivity index (χ3v) is 3.53. The number of benzene rings is 1. The molecule has 0 radical (unpaired) electrons. The lowest BCUT2D eigenvalue weighted by Gasteiger charge is -2.36. The highest BCUT2D eigenvalue weighted by atomic mass is 16.2. The molecule has 0 spiro atoms. The van der Waals surface area contributed by atoms with Crippen molar-refractivity contribution in [1.82, 2.24) is 10.2 Å². The monoisotopic (exact) mass is 260 g/mol. The van der Waals surface area contributed by atoms with E-state index in [1.807, 2.05) is 24.3 Å². The van der Waals surface area contributed by atoms with Crippen LogP contribution < -0.4 is 5.32 Å². The fourth-order valence-corrected chi connectivity index (χ4v) is 2.14. The second kappa shape index (κ2) is 5.13. The number of rotatable bonds is 3. The molecule has 1 N–H and O–H groups in total. The Morgan fingerprint density at radius 3 is 2.32 bits per heavy atom. The second-order valence-electron chi connectivity index (χ2n) is 5.43. The number of hydrogen-bond donors (Lipinski definition) is 1. The van der Waals surface area contributed by atoms with E-state index < -0.39 is 5.54 Å². The minimum atomic E-state index is -0.669. The molecule has 1 saturated heterocycles. The van der Waals surface area contributed by atoms with Gasteiger partial charge in [-0.05, 0) is 31.4 Å². The average Bonchev–Trinajstić information content (AvgIpc) is 2.40. The van der Waals surface area contributed by atoms with Crippen LogP contribution in [0.1, 0.15) is 31.9 Å². The topological polar surface area (TPSA) is 49.4 Å². The highest BCUT2D eigenvalue weighted by Gasteiger charge is 2.39. The number of amides is 2. The molecule has 0 bridgehead atoms. The van der Waals surface area contributed by atoms with E-state index in [1.165, 1.54) is 10.5 Å². The summed E-state index contributed by atoms with van der Waals surface area (Å²) in [5, 5.41) is 2.95. The fraction of sp³-hybridized carbons (Fsp3) is 0.467. The number of aryl methyl sites for hydroxylation is 1. The summed E-state index contributed by atoms with van der Waals surface area (Å²) >= 11 is 0. The Kier molecular flexibility index (Phi) is 3.71. The third kappa shape index (κ3) is 2.84. The van der Waals surface area contributed by atoms with Crippen molar-refractivity contribution >= 4 is 11.8 Å². The van der Waals surface area contributed by atoms with Crippen LogP contribution in [0.15, 0.2) is 24.3 Å². The van der Waals surface area contributed by atoms with Gasteiger partial charge in [0, 0.05) is 0 Å². The molecule has 102 valence electrons. The molecular formula is C15H20N2O2. The van der Waals surface area contributed by atoms with E-state index in [9.17, 15) is 9.59 Å². The first kappa shape index (κ1) is 13.7. The maximum Gasteiger partial charge on any atom is 0.249 e. The average molecular weight is 260 g/mol. The van der Waals surface area contributed by atoms with Crippen LogP contribution in [-0.2, 0) is 22.6 Å². The Morgan fingerprint density at radius 2 is 1.74 bits per heavy atom. The number of nitrogens with zero attached hydrogens (tertiary/aromatic N) is 1. The van der Waals surface area contributed by atoms with Crippen LogP contribution in [-0.4, -0.2) is 28.8 Å². The van der Waals surface area contributed by atoms with Crippen molar-refractivity contribution < 1.29 is 9.59 Å². The smallest absolute Gasteiger partial charge is 0.249 e. The summed E-state index contributed by atoms with van der Waals surface area (Å²) in [5.41, 5.74) is 1.57. The fourth-order valence-electron chi connectivity index (χ4n) is 2.14. The van der Waals surface area contributed by atoms with E-state index >= 15 is 0 Å². The number of imide groups is 1. The van der Waals surface area contributed by atoms with Gasteiger partial charge in [0.2, 0.25) is 11.8 Å². The van der Waals surface area contributed by atoms with Crippen molar-refractivity contribution in [3.8, 4) is 0 Å². The van der Waals surface area contributed by atoms with Crippen molar-refractivity contribution in [3.05, 3.63) is 35.4 Å². The highest BCUT2D eigenvalue weighted by Crippen LogP contribution is 2.16. The number of hydrogen-bond acceptors (Lipinski definition) is 3. The van der Waals surface area contributed by atoms with Gasteiger partial charge in [-0.2, -0.15) is 0 Å². The molecule has 0 saturated carbocycles. The van der Waals surface area contributed by atoms with E-state index in [-0.39, 0.29) is 18.4 Å². The number of carbonyl (C=O) groups is 2. The molecule has 0 unspecified atom stereocenters.